The maximum atomic E-state index is 12.1. The normalized spacial score (nSPS) is 23.3. The van der Waals surface area contributed by atoms with E-state index in [2.05, 4.69) is 20.8 Å². The first-order chi connectivity index (χ1) is 9.12. The molecule has 2 rings (SSSR count). The predicted molar refractivity (Wildman–Crippen MR) is 70.7 cm³/mol. The Bertz CT molecular complexity index is 430. The van der Waals surface area contributed by atoms with E-state index in [1.54, 1.807) is 11.7 Å². The fourth-order valence-corrected chi connectivity index (χ4v) is 2.65. The minimum Gasteiger partial charge on any atom is -0.365 e. The van der Waals surface area contributed by atoms with Crippen molar-refractivity contribution in [3.63, 3.8) is 0 Å². The predicted octanol–water partition coefficient (Wildman–Crippen LogP) is 0.378. The second-order valence-electron chi connectivity index (χ2n) is 4.73. The van der Waals surface area contributed by atoms with Gasteiger partial charge < -0.3 is 10.1 Å². The molecule has 0 radical (unpaired) electrons. The average Bonchev–Trinajstić information content (AvgIpc) is 2.81. The number of nitrogens with zero attached hydrogens (tertiary/aromatic N) is 4. The van der Waals surface area contributed by atoms with Gasteiger partial charge in [-0.3, -0.25) is 4.79 Å². The summed E-state index contributed by atoms with van der Waals surface area (Å²) in [6.45, 7) is 3.11. The number of nitrogens with one attached hydrogen (secondary N) is 1. The topological polar surface area (TPSA) is 81.9 Å². The van der Waals surface area contributed by atoms with Crippen LogP contribution >= 0.6 is 11.8 Å². The summed E-state index contributed by atoms with van der Waals surface area (Å²) in [6, 6.07) is 0. The molecule has 8 heteroatoms. The summed E-state index contributed by atoms with van der Waals surface area (Å²) in [4.78, 5) is 12.1. The molecule has 1 N–H and O–H groups in total. The van der Waals surface area contributed by atoms with E-state index in [-0.39, 0.29) is 5.91 Å². The van der Waals surface area contributed by atoms with Gasteiger partial charge in [0.05, 0.1) is 0 Å². The van der Waals surface area contributed by atoms with Crippen molar-refractivity contribution in [2.45, 2.75) is 36.9 Å². The second-order valence-corrected chi connectivity index (χ2v) is 5.79. The van der Waals surface area contributed by atoms with Gasteiger partial charge in [0, 0.05) is 26.0 Å². The van der Waals surface area contributed by atoms with Crippen LogP contribution < -0.4 is 5.32 Å². The van der Waals surface area contributed by atoms with Crippen LogP contribution in [0.5, 0.6) is 0 Å². The van der Waals surface area contributed by atoms with Crippen molar-refractivity contribution in [3.8, 4) is 0 Å². The smallest absolute Gasteiger partial charge is 0.251 e. The van der Waals surface area contributed by atoms with Gasteiger partial charge in [0.15, 0.2) is 0 Å². The first-order valence-corrected chi connectivity index (χ1v) is 7.38. The van der Waals surface area contributed by atoms with Crippen molar-refractivity contribution < 1.29 is 9.53 Å². The van der Waals surface area contributed by atoms with Crippen LogP contribution in [0.3, 0.4) is 0 Å². The Morgan fingerprint density at radius 2 is 2.42 bits per heavy atom. The standard InChI is InChI=1S/C11H19N5O2S/c1-11(5-3-4-7-18-11)9(17)12-6-8-19-10-13-14-15-16(10)2/h3-8H2,1-2H3,(H,12,17)/t11-/m1/s1. The number of carbonyl (C=O) groups excluding carboxylic acids is 1. The summed E-state index contributed by atoms with van der Waals surface area (Å²) in [6.07, 6.45) is 2.88. The highest BCUT2D eigenvalue weighted by atomic mass is 32.2. The molecule has 1 fully saturated rings. The first-order valence-electron chi connectivity index (χ1n) is 6.39. The molecule has 1 aliphatic heterocycles. The number of hydrogen-bond acceptors (Lipinski definition) is 6. The lowest BCUT2D eigenvalue weighted by Gasteiger charge is -2.32. The molecule has 1 aliphatic rings. The molecule has 1 atom stereocenters. The third kappa shape index (κ3) is 3.66. The Balaban J connectivity index is 1.70. The van der Waals surface area contributed by atoms with Crippen molar-refractivity contribution in [1.82, 2.24) is 25.5 Å². The summed E-state index contributed by atoms with van der Waals surface area (Å²) in [5.41, 5.74) is -0.657. The molecular weight excluding hydrogens is 266 g/mol. The van der Waals surface area contributed by atoms with Gasteiger partial charge >= 0.3 is 0 Å². The number of ether oxygens (including phenoxy) is 1. The van der Waals surface area contributed by atoms with Crippen molar-refractivity contribution in [2.24, 2.45) is 7.05 Å². The van der Waals surface area contributed by atoms with E-state index >= 15 is 0 Å². The van der Waals surface area contributed by atoms with Gasteiger partial charge in [-0.05, 0) is 36.6 Å². The molecule has 0 bridgehead atoms. The maximum Gasteiger partial charge on any atom is 0.251 e. The van der Waals surface area contributed by atoms with Gasteiger partial charge in [0.2, 0.25) is 5.16 Å². The molecule has 19 heavy (non-hydrogen) atoms. The summed E-state index contributed by atoms with van der Waals surface area (Å²) < 4.78 is 7.20. The van der Waals surface area contributed by atoms with Gasteiger partial charge in [-0.1, -0.05) is 11.8 Å². The molecule has 0 saturated carbocycles. The number of aryl methyl sites for hydroxylation is 1. The fraction of sp³-hybridized carbons (Fsp3) is 0.818. The van der Waals surface area contributed by atoms with Crippen molar-refractivity contribution in [3.05, 3.63) is 0 Å². The Morgan fingerprint density at radius 3 is 3.05 bits per heavy atom. The van der Waals surface area contributed by atoms with Crippen molar-refractivity contribution in [2.75, 3.05) is 18.9 Å². The molecule has 1 amide bonds. The molecule has 7 nitrogen and oxygen atoms in total. The molecule has 1 aromatic rings. The molecule has 0 spiro atoms. The summed E-state index contributed by atoms with van der Waals surface area (Å²) in [7, 11) is 1.79. The van der Waals surface area contributed by atoms with E-state index in [0.717, 1.165) is 30.2 Å². The van der Waals surface area contributed by atoms with E-state index in [0.29, 0.717) is 13.2 Å². The van der Waals surface area contributed by atoms with Crippen LogP contribution in [0.4, 0.5) is 0 Å². The molecule has 0 aromatic carbocycles. The van der Waals surface area contributed by atoms with E-state index in [1.807, 2.05) is 6.92 Å². The van der Waals surface area contributed by atoms with Crippen molar-refractivity contribution in [1.29, 1.82) is 0 Å². The van der Waals surface area contributed by atoms with Crippen LogP contribution in [0.25, 0.3) is 0 Å². The van der Waals surface area contributed by atoms with Gasteiger partial charge in [-0.2, -0.15) is 0 Å². The Labute approximate surface area is 116 Å². The van der Waals surface area contributed by atoms with Crippen LogP contribution in [-0.2, 0) is 16.6 Å². The number of tetrazole rings is 1. The lowest BCUT2D eigenvalue weighted by molar-refractivity contribution is -0.150. The highest BCUT2D eigenvalue weighted by Crippen LogP contribution is 2.24. The Morgan fingerprint density at radius 1 is 1.58 bits per heavy atom. The van der Waals surface area contributed by atoms with Crippen LogP contribution in [0, 0.1) is 0 Å². The monoisotopic (exact) mass is 285 g/mol. The largest absolute Gasteiger partial charge is 0.365 e. The van der Waals surface area contributed by atoms with Crippen molar-refractivity contribution >= 4 is 17.7 Å². The number of thioether (sulfide) groups is 1. The minimum absolute atomic E-state index is 0.0242. The number of carbonyl (C=O) groups is 1. The molecule has 106 valence electrons. The minimum atomic E-state index is -0.657. The number of amides is 1. The average molecular weight is 285 g/mol. The third-order valence-corrected chi connectivity index (χ3v) is 4.16. The lowest BCUT2D eigenvalue weighted by Crippen LogP contribution is -2.48. The zero-order chi connectivity index (χ0) is 13.7. The van der Waals surface area contributed by atoms with Gasteiger partial charge in [0.25, 0.3) is 5.91 Å². The maximum absolute atomic E-state index is 12.1. The van der Waals surface area contributed by atoms with E-state index in [9.17, 15) is 4.79 Å². The third-order valence-electron chi connectivity index (χ3n) is 3.15. The van der Waals surface area contributed by atoms with Crippen LogP contribution in [0.1, 0.15) is 26.2 Å². The molecule has 0 aliphatic carbocycles. The summed E-state index contributed by atoms with van der Waals surface area (Å²) in [5, 5.41) is 14.8. The quantitative estimate of drug-likeness (QED) is 0.622. The molecule has 2 heterocycles. The van der Waals surface area contributed by atoms with E-state index in [1.165, 1.54) is 11.8 Å². The Kier molecular flexibility index (Phi) is 4.76. The molecule has 1 saturated heterocycles. The fourth-order valence-electron chi connectivity index (χ4n) is 1.95. The van der Waals surface area contributed by atoms with Crippen LogP contribution in [0.15, 0.2) is 5.16 Å². The SMILES string of the molecule is Cn1nnnc1SCCNC(=O)[C@@]1(C)CCCCO1. The zero-order valence-electron chi connectivity index (χ0n) is 11.3. The van der Waals surface area contributed by atoms with Gasteiger partial charge in [-0.15, -0.1) is 5.10 Å². The van der Waals surface area contributed by atoms with Gasteiger partial charge in [-0.25, -0.2) is 4.68 Å². The lowest BCUT2D eigenvalue weighted by atomic mass is 9.95. The Hall–Kier alpha value is -1.15. The number of hydrogen-bond donors (Lipinski definition) is 1. The van der Waals surface area contributed by atoms with Gasteiger partial charge in [0.1, 0.15) is 5.60 Å². The zero-order valence-corrected chi connectivity index (χ0v) is 12.1. The van der Waals surface area contributed by atoms with E-state index in [4.69, 9.17) is 4.74 Å². The second kappa shape index (κ2) is 6.33. The first kappa shape index (κ1) is 14.3. The van der Waals surface area contributed by atoms with Crippen LogP contribution in [0.2, 0.25) is 0 Å². The van der Waals surface area contributed by atoms with E-state index < -0.39 is 5.60 Å². The van der Waals surface area contributed by atoms with Crippen LogP contribution in [-0.4, -0.2) is 50.6 Å². The number of aromatic nitrogens is 4. The summed E-state index contributed by atoms with van der Waals surface area (Å²) >= 11 is 1.51. The highest BCUT2D eigenvalue weighted by molar-refractivity contribution is 7.99. The molecule has 1 aromatic heterocycles. The molecule has 0 unspecified atom stereocenters. The molecular formula is C11H19N5O2S. The summed E-state index contributed by atoms with van der Waals surface area (Å²) in [5.74, 6) is 0.708. The highest BCUT2D eigenvalue weighted by Gasteiger charge is 2.35. The number of rotatable bonds is 5.